The van der Waals surface area contributed by atoms with Crippen LogP contribution in [0.3, 0.4) is 0 Å². The van der Waals surface area contributed by atoms with Gasteiger partial charge in [0.15, 0.2) is 6.29 Å². The van der Waals surface area contributed by atoms with E-state index in [1.165, 1.54) is 12.8 Å². The standard InChI is InChI=1S/C10H16ClNOS/c1-3-4-5-6-10-9(7-13)12(11)8(2)14-10/h7-8H,3-6H2,1-2H3. The van der Waals surface area contributed by atoms with E-state index in [-0.39, 0.29) is 5.37 Å². The molecule has 0 N–H and O–H groups in total. The summed E-state index contributed by atoms with van der Waals surface area (Å²) in [5, 5.41) is 0.188. The number of unbranched alkanes of at least 4 members (excludes halogenated alkanes) is 2. The molecule has 0 saturated carbocycles. The molecular weight excluding hydrogens is 218 g/mol. The van der Waals surface area contributed by atoms with Gasteiger partial charge in [0.2, 0.25) is 0 Å². The van der Waals surface area contributed by atoms with Crippen LogP contribution in [-0.4, -0.2) is 16.1 Å². The van der Waals surface area contributed by atoms with Crippen molar-refractivity contribution in [1.82, 2.24) is 4.42 Å². The van der Waals surface area contributed by atoms with Gasteiger partial charge in [-0.1, -0.05) is 19.8 Å². The number of carbonyl (C=O) groups is 1. The van der Waals surface area contributed by atoms with E-state index in [2.05, 4.69) is 6.92 Å². The number of carbonyl (C=O) groups excluding carboxylic acids is 1. The second-order valence-electron chi connectivity index (χ2n) is 3.41. The lowest BCUT2D eigenvalue weighted by atomic mass is 10.2. The maximum atomic E-state index is 10.8. The molecule has 1 aliphatic heterocycles. The molecule has 0 spiro atoms. The summed E-state index contributed by atoms with van der Waals surface area (Å²) >= 11 is 7.66. The minimum absolute atomic E-state index is 0.188. The molecule has 14 heavy (non-hydrogen) atoms. The monoisotopic (exact) mass is 233 g/mol. The Kier molecular flexibility index (Phi) is 4.82. The van der Waals surface area contributed by atoms with Gasteiger partial charge in [-0.05, 0) is 19.8 Å². The topological polar surface area (TPSA) is 20.3 Å². The largest absolute Gasteiger partial charge is 0.296 e. The predicted molar refractivity (Wildman–Crippen MR) is 62.0 cm³/mol. The molecule has 1 atom stereocenters. The molecule has 0 fully saturated rings. The van der Waals surface area contributed by atoms with Crippen LogP contribution in [-0.2, 0) is 4.79 Å². The zero-order chi connectivity index (χ0) is 10.6. The Hall–Kier alpha value is -0.150. The van der Waals surface area contributed by atoms with E-state index in [0.29, 0.717) is 5.70 Å². The van der Waals surface area contributed by atoms with Crippen molar-refractivity contribution in [3.05, 3.63) is 10.6 Å². The van der Waals surface area contributed by atoms with Crippen LogP contribution in [0.2, 0.25) is 0 Å². The fourth-order valence-corrected chi connectivity index (χ4v) is 2.92. The van der Waals surface area contributed by atoms with Crippen molar-refractivity contribution >= 4 is 29.8 Å². The summed E-state index contributed by atoms with van der Waals surface area (Å²) in [6.45, 7) is 4.18. The summed E-state index contributed by atoms with van der Waals surface area (Å²) in [6, 6.07) is 0. The number of thioether (sulfide) groups is 1. The molecule has 1 aliphatic rings. The van der Waals surface area contributed by atoms with E-state index >= 15 is 0 Å². The van der Waals surface area contributed by atoms with E-state index in [0.717, 1.165) is 24.0 Å². The average molecular weight is 234 g/mol. The van der Waals surface area contributed by atoms with Crippen LogP contribution < -0.4 is 0 Å². The number of allylic oxidation sites excluding steroid dienone is 2. The minimum Gasteiger partial charge on any atom is -0.296 e. The van der Waals surface area contributed by atoms with Crippen molar-refractivity contribution in [2.24, 2.45) is 0 Å². The van der Waals surface area contributed by atoms with Crippen LogP contribution in [0.5, 0.6) is 0 Å². The third-order valence-electron chi connectivity index (χ3n) is 2.27. The molecule has 0 aromatic rings. The van der Waals surface area contributed by atoms with Crippen LogP contribution in [0.25, 0.3) is 0 Å². The van der Waals surface area contributed by atoms with Crippen LogP contribution in [0.4, 0.5) is 0 Å². The highest BCUT2D eigenvalue weighted by molar-refractivity contribution is 8.03. The summed E-state index contributed by atoms with van der Waals surface area (Å²) in [7, 11) is 0. The van der Waals surface area contributed by atoms with E-state index in [4.69, 9.17) is 11.8 Å². The maximum absolute atomic E-state index is 10.8. The van der Waals surface area contributed by atoms with Crippen molar-refractivity contribution in [3.8, 4) is 0 Å². The number of aldehydes is 1. The molecule has 0 saturated heterocycles. The number of halogens is 1. The van der Waals surface area contributed by atoms with Crippen molar-refractivity contribution in [2.45, 2.75) is 44.9 Å². The van der Waals surface area contributed by atoms with Crippen LogP contribution in [0.1, 0.15) is 39.5 Å². The number of hydrogen-bond acceptors (Lipinski definition) is 3. The molecule has 1 unspecified atom stereocenters. The first-order valence-corrected chi connectivity index (χ1v) is 6.22. The van der Waals surface area contributed by atoms with Gasteiger partial charge in [0.1, 0.15) is 5.70 Å². The molecule has 0 aromatic carbocycles. The SMILES string of the molecule is CCCCCC1=C(C=O)N(Cl)C(C)S1. The number of rotatable bonds is 5. The Morgan fingerprint density at radius 1 is 1.57 bits per heavy atom. The number of nitrogens with zero attached hydrogens (tertiary/aromatic N) is 1. The van der Waals surface area contributed by atoms with Crippen LogP contribution >= 0.6 is 23.5 Å². The first-order chi connectivity index (χ1) is 6.70. The predicted octanol–water partition coefficient (Wildman–Crippen LogP) is 3.53. The van der Waals surface area contributed by atoms with E-state index in [1.54, 1.807) is 16.2 Å². The van der Waals surface area contributed by atoms with Gasteiger partial charge in [0.25, 0.3) is 0 Å². The van der Waals surface area contributed by atoms with Crippen molar-refractivity contribution in [1.29, 1.82) is 0 Å². The summed E-state index contributed by atoms with van der Waals surface area (Å²) in [5.41, 5.74) is 0.667. The first kappa shape index (κ1) is 11.9. The van der Waals surface area contributed by atoms with Gasteiger partial charge >= 0.3 is 0 Å². The lowest BCUT2D eigenvalue weighted by Gasteiger charge is -2.12. The highest BCUT2D eigenvalue weighted by Gasteiger charge is 2.27. The Bertz CT molecular complexity index is 242. The summed E-state index contributed by atoms with van der Waals surface area (Å²) in [5.74, 6) is 0. The van der Waals surface area contributed by atoms with Gasteiger partial charge in [0, 0.05) is 16.7 Å². The summed E-state index contributed by atoms with van der Waals surface area (Å²) < 4.78 is 1.54. The first-order valence-electron chi connectivity index (χ1n) is 5.00. The van der Waals surface area contributed by atoms with Gasteiger partial charge in [-0.2, -0.15) is 0 Å². The second kappa shape index (κ2) is 5.66. The van der Waals surface area contributed by atoms with Gasteiger partial charge in [0.05, 0.1) is 5.37 Å². The van der Waals surface area contributed by atoms with Gasteiger partial charge in [-0.3, -0.25) is 9.21 Å². The lowest BCUT2D eigenvalue weighted by Crippen LogP contribution is -2.15. The highest BCUT2D eigenvalue weighted by Crippen LogP contribution is 2.40. The molecule has 1 heterocycles. The maximum Gasteiger partial charge on any atom is 0.168 e. The molecule has 0 amide bonds. The number of hydrogen-bond donors (Lipinski definition) is 0. The summed E-state index contributed by atoms with van der Waals surface area (Å²) in [6.07, 6.45) is 5.42. The molecule has 0 bridgehead atoms. The smallest absolute Gasteiger partial charge is 0.168 e. The van der Waals surface area contributed by atoms with Crippen molar-refractivity contribution in [3.63, 3.8) is 0 Å². The fourth-order valence-electron chi connectivity index (χ4n) is 1.47. The second-order valence-corrected chi connectivity index (χ2v) is 5.19. The Morgan fingerprint density at radius 2 is 2.29 bits per heavy atom. The third-order valence-corrected chi connectivity index (χ3v) is 4.11. The molecule has 0 aliphatic carbocycles. The Balaban J connectivity index is 2.56. The molecular formula is C10H16ClNOS. The molecule has 4 heteroatoms. The third kappa shape index (κ3) is 2.67. The van der Waals surface area contributed by atoms with E-state index < -0.39 is 0 Å². The zero-order valence-electron chi connectivity index (χ0n) is 8.62. The summed E-state index contributed by atoms with van der Waals surface area (Å²) in [4.78, 5) is 12.0. The van der Waals surface area contributed by atoms with Crippen molar-refractivity contribution in [2.75, 3.05) is 0 Å². The molecule has 1 rings (SSSR count). The zero-order valence-corrected chi connectivity index (χ0v) is 10.2. The fraction of sp³-hybridized carbons (Fsp3) is 0.700. The normalized spacial score (nSPS) is 21.9. The minimum atomic E-state index is 0.188. The van der Waals surface area contributed by atoms with E-state index in [1.807, 2.05) is 6.92 Å². The average Bonchev–Trinajstić information content (AvgIpc) is 2.43. The lowest BCUT2D eigenvalue weighted by molar-refractivity contribution is -0.105. The Morgan fingerprint density at radius 3 is 2.86 bits per heavy atom. The van der Waals surface area contributed by atoms with Gasteiger partial charge < -0.3 is 0 Å². The Labute approximate surface area is 94.8 Å². The van der Waals surface area contributed by atoms with E-state index in [9.17, 15) is 4.79 Å². The quantitative estimate of drug-likeness (QED) is 0.412. The van der Waals surface area contributed by atoms with Gasteiger partial charge in [-0.25, -0.2) is 0 Å². The molecule has 0 aromatic heterocycles. The highest BCUT2D eigenvalue weighted by atomic mass is 35.5. The van der Waals surface area contributed by atoms with Crippen molar-refractivity contribution < 1.29 is 4.79 Å². The van der Waals surface area contributed by atoms with Crippen LogP contribution in [0, 0.1) is 0 Å². The van der Waals surface area contributed by atoms with Crippen LogP contribution in [0.15, 0.2) is 10.6 Å². The van der Waals surface area contributed by atoms with Gasteiger partial charge in [-0.15, -0.1) is 11.8 Å². The molecule has 2 nitrogen and oxygen atoms in total. The molecule has 80 valence electrons. The molecule has 0 radical (unpaired) electrons.